The minimum atomic E-state index is -2.81. The van der Waals surface area contributed by atoms with Crippen molar-refractivity contribution in [1.29, 1.82) is 0 Å². The number of amides is 1. The van der Waals surface area contributed by atoms with Gasteiger partial charge in [0.05, 0.1) is 49.5 Å². The number of hydrogen-bond donors (Lipinski definition) is 1. The van der Waals surface area contributed by atoms with Crippen molar-refractivity contribution in [2.45, 2.75) is 31.5 Å². The molecule has 0 saturated carbocycles. The maximum absolute atomic E-state index is 14.2. The van der Waals surface area contributed by atoms with E-state index < -0.39 is 18.3 Å². The van der Waals surface area contributed by atoms with Crippen LogP contribution in [0.5, 0.6) is 0 Å². The lowest BCUT2D eigenvalue weighted by Gasteiger charge is -2.41. The van der Waals surface area contributed by atoms with Crippen LogP contribution in [0.4, 0.5) is 20.5 Å². The first-order chi connectivity index (χ1) is 20.8. The van der Waals surface area contributed by atoms with E-state index in [9.17, 15) is 13.6 Å². The molecule has 0 bridgehead atoms. The van der Waals surface area contributed by atoms with Crippen molar-refractivity contribution in [2.24, 2.45) is 0 Å². The summed E-state index contributed by atoms with van der Waals surface area (Å²) in [5.74, 6) is 0.551. The molecular weight excluding hydrogens is 560 g/mol. The van der Waals surface area contributed by atoms with Gasteiger partial charge < -0.3 is 29.5 Å². The van der Waals surface area contributed by atoms with E-state index >= 15 is 0 Å². The molecular formula is C29H39F2N9O3. The molecule has 3 atom stereocenters. The van der Waals surface area contributed by atoms with Gasteiger partial charge in [-0.15, -0.1) is 0 Å². The van der Waals surface area contributed by atoms with Gasteiger partial charge >= 0.3 is 0 Å². The van der Waals surface area contributed by atoms with Gasteiger partial charge in [0, 0.05) is 45.3 Å². The van der Waals surface area contributed by atoms with Crippen LogP contribution in [0.2, 0.25) is 0 Å². The van der Waals surface area contributed by atoms with Gasteiger partial charge in [-0.1, -0.05) is 12.1 Å². The van der Waals surface area contributed by atoms with E-state index in [0.717, 1.165) is 19.7 Å². The van der Waals surface area contributed by atoms with Crippen molar-refractivity contribution in [1.82, 2.24) is 34.2 Å². The van der Waals surface area contributed by atoms with Gasteiger partial charge in [0.15, 0.2) is 5.82 Å². The first kappa shape index (κ1) is 29.6. The molecule has 232 valence electrons. The molecule has 43 heavy (non-hydrogen) atoms. The van der Waals surface area contributed by atoms with E-state index in [1.54, 1.807) is 37.3 Å². The van der Waals surface area contributed by atoms with Crippen LogP contribution < -0.4 is 10.2 Å². The normalized spacial score (nSPS) is 22.6. The van der Waals surface area contributed by atoms with Crippen molar-refractivity contribution in [3.63, 3.8) is 0 Å². The van der Waals surface area contributed by atoms with Gasteiger partial charge in [0.1, 0.15) is 17.7 Å². The Balaban J connectivity index is 1.23. The number of piperazine rings is 1. The monoisotopic (exact) mass is 599 g/mol. The number of ether oxygens (including phenoxy) is 2. The highest BCUT2D eigenvalue weighted by Gasteiger charge is 2.37. The van der Waals surface area contributed by atoms with Gasteiger partial charge in [0.25, 0.3) is 6.43 Å². The maximum Gasteiger partial charge on any atom is 0.296 e. The summed E-state index contributed by atoms with van der Waals surface area (Å²) >= 11 is 0. The van der Waals surface area contributed by atoms with Gasteiger partial charge in [0.2, 0.25) is 11.9 Å². The number of rotatable bonds is 8. The molecule has 2 aromatic heterocycles. The van der Waals surface area contributed by atoms with E-state index in [-0.39, 0.29) is 17.7 Å². The lowest BCUT2D eigenvalue weighted by atomic mass is 10.1. The number of likely N-dealkylation sites (N-methyl/N-ethyl adjacent to an activating group) is 1. The minimum Gasteiger partial charge on any atom is -0.378 e. The number of carbonyl (C=O) groups is 1. The summed E-state index contributed by atoms with van der Waals surface area (Å²) in [6.45, 7) is 8.22. The number of imidazole rings is 1. The van der Waals surface area contributed by atoms with Gasteiger partial charge in [-0.2, -0.15) is 9.97 Å². The lowest BCUT2D eigenvalue weighted by Crippen LogP contribution is -2.58. The highest BCUT2D eigenvalue weighted by Crippen LogP contribution is 2.29. The van der Waals surface area contributed by atoms with E-state index in [0.29, 0.717) is 74.9 Å². The highest BCUT2D eigenvalue weighted by molar-refractivity contribution is 5.84. The highest BCUT2D eigenvalue weighted by atomic mass is 19.3. The first-order valence-electron chi connectivity index (χ1n) is 14.8. The smallest absolute Gasteiger partial charge is 0.296 e. The van der Waals surface area contributed by atoms with Crippen LogP contribution in [0.15, 0.2) is 30.3 Å². The molecule has 0 radical (unpaired) electrons. The van der Waals surface area contributed by atoms with Crippen molar-refractivity contribution < 1.29 is 23.0 Å². The molecule has 3 saturated heterocycles. The van der Waals surface area contributed by atoms with E-state index in [1.165, 1.54) is 4.57 Å². The Bertz CT molecular complexity index is 1420. The number of para-hydroxylation sites is 2. The Morgan fingerprint density at radius 3 is 2.42 bits per heavy atom. The predicted octanol–water partition coefficient (Wildman–Crippen LogP) is 1.86. The van der Waals surface area contributed by atoms with Crippen LogP contribution in [0.25, 0.3) is 16.9 Å². The molecule has 2 unspecified atom stereocenters. The van der Waals surface area contributed by atoms with Crippen molar-refractivity contribution in [3.05, 3.63) is 36.2 Å². The molecule has 5 heterocycles. The van der Waals surface area contributed by atoms with Crippen LogP contribution >= 0.6 is 0 Å². The second-order valence-corrected chi connectivity index (χ2v) is 11.5. The summed E-state index contributed by atoms with van der Waals surface area (Å²) < 4.78 is 41.0. The van der Waals surface area contributed by atoms with Crippen molar-refractivity contribution >= 4 is 28.7 Å². The number of nitrogens with one attached hydrogen (secondary N) is 1. The fraction of sp³-hybridized carbons (Fsp3) is 0.586. The molecule has 1 N–H and O–H groups in total. The molecule has 1 aromatic carbocycles. The van der Waals surface area contributed by atoms with E-state index in [2.05, 4.69) is 39.2 Å². The number of alkyl halides is 2. The predicted molar refractivity (Wildman–Crippen MR) is 158 cm³/mol. The SMILES string of the molecule is C[C@H](Nc1nc(N2CCOCC2)cc(-n2c(C(F)F)nc3ccccc32)n1)C(=O)N1CCN(C2COCC2N(C)C)CC1. The van der Waals surface area contributed by atoms with E-state index in [1.807, 2.05) is 9.80 Å². The molecule has 3 aromatic rings. The number of morpholine rings is 1. The number of hydrogen-bond acceptors (Lipinski definition) is 10. The third-order valence-corrected chi connectivity index (χ3v) is 8.54. The Labute approximate surface area is 249 Å². The summed E-state index contributed by atoms with van der Waals surface area (Å²) in [5.41, 5.74) is 0.962. The van der Waals surface area contributed by atoms with E-state index in [4.69, 9.17) is 14.5 Å². The molecule has 0 spiro atoms. The zero-order valence-electron chi connectivity index (χ0n) is 24.8. The first-order valence-corrected chi connectivity index (χ1v) is 14.8. The quantitative estimate of drug-likeness (QED) is 0.413. The second kappa shape index (κ2) is 12.6. The number of aromatic nitrogens is 4. The summed E-state index contributed by atoms with van der Waals surface area (Å²) in [7, 11) is 4.15. The van der Waals surface area contributed by atoms with Crippen LogP contribution in [0.3, 0.4) is 0 Å². The molecule has 14 heteroatoms. The molecule has 0 aliphatic carbocycles. The fourth-order valence-corrected chi connectivity index (χ4v) is 6.16. The standard InChI is InChI=1S/C29H39F2N9O3/c1-19(28(41)39-10-8-37(9-11-39)23-18-43-17-22(23)36(2)3)32-29-34-24(38-12-14-42-15-13-38)16-25(35-29)40-21-7-5-4-6-20(21)33-27(40)26(30)31/h4-7,16,19,22-23,26H,8-15,17-18H2,1-3H3,(H,32,34,35)/t19-,22?,23?/m0/s1. The number of anilines is 2. The fourth-order valence-electron chi connectivity index (χ4n) is 6.16. The molecule has 3 fully saturated rings. The largest absolute Gasteiger partial charge is 0.378 e. The number of benzene rings is 1. The molecule has 1 amide bonds. The van der Waals surface area contributed by atoms with Gasteiger partial charge in [-0.05, 0) is 33.2 Å². The van der Waals surface area contributed by atoms with Crippen molar-refractivity contribution in [2.75, 3.05) is 90.0 Å². The number of nitrogens with zero attached hydrogens (tertiary/aromatic N) is 8. The molecule has 3 aliphatic rings. The average molecular weight is 600 g/mol. The number of fused-ring (bicyclic) bond motifs is 1. The Morgan fingerprint density at radius 2 is 1.70 bits per heavy atom. The number of carbonyl (C=O) groups excluding carboxylic acids is 1. The van der Waals surface area contributed by atoms with Gasteiger partial charge in [-0.25, -0.2) is 13.8 Å². The van der Waals surface area contributed by atoms with Crippen molar-refractivity contribution in [3.8, 4) is 5.82 Å². The van der Waals surface area contributed by atoms with Crippen LogP contribution in [-0.2, 0) is 14.3 Å². The summed E-state index contributed by atoms with van der Waals surface area (Å²) in [6, 6.07) is 8.69. The van der Waals surface area contributed by atoms with Crippen LogP contribution in [0.1, 0.15) is 19.2 Å². The van der Waals surface area contributed by atoms with Crippen LogP contribution in [0, 0.1) is 0 Å². The third kappa shape index (κ3) is 6.14. The number of halogens is 2. The van der Waals surface area contributed by atoms with Crippen LogP contribution in [-0.4, -0.2) is 138 Å². The Morgan fingerprint density at radius 1 is 0.977 bits per heavy atom. The Kier molecular flexibility index (Phi) is 8.71. The topological polar surface area (TPSA) is 104 Å². The third-order valence-electron chi connectivity index (χ3n) is 8.54. The summed E-state index contributed by atoms with van der Waals surface area (Å²) in [4.78, 5) is 35.6. The molecule has 3 aliphatic heterocycles. The summed E-state index contributed by atoms with van der Waals surface area (Å²) in [6.07, 6.45) is -2.81. The van der Waals surface area contributed by atoms with Gasteiger partial charge in [-0.3, -0.25) is 14.3 Å². The molecule has 6 rings (SSSR count). The zero-order valence-corrected chi connectivity index (χ0v) is 24.8. The lowest BCUT2D eigenvalue weighted by molar-refractivity contribution is -0.133. The average Bonchev–Trinajstić information content (AvgIpc) is 3.67. The molecule has 12 nitrogen and oxygen atoms in total. The zero-order chi connectivity index (χ0) is 30.1. The maximum atomic E-state index is 14.2. The minimum absolute atomic E-state index is 0.0604. The second-order valence-electron chi connectivity index (χ2n) is 11.5. The summed E-state index contributed by atoms with van der Waals surface area (Å²) in [5, 5.41) is 3.17. The Hall–Kier alpha value is -3.46.